The van der Waals surface area contributed by atoms with E-state index in [1.54, 1.807) is 12.1 Å². The number of aryl methyl sites for hydroxylation is 1. The van der Waals surface area contributed by atoms with E-state index in [0.29, 0.717) is 17.3 Å². The third-order valence-electron chi connectivity index (χ3n) is 4.50. The van der Waals surface area contributed by atoms with Gasteiger partial charge in [-0.2, -0.15) is 0 Å². The molecule has 0 saturated carbocycles. The van der Waals surface area contributed by atoms with Crippen molar-refractivity contribution in [3.05, 3.63) is 83.3 Å². The molecule has 0 unspecified atom stereocenters. The molecule has 2 aromatic carbocycles. The molecule has 0 aliphatic carbocycles. The second kappa shape index (κ2) is 6.69. The number of hydrogen-bond donors (Lipinski definition) is 2. The lowest BCUT2D eigenvalue weighted by atomic mass is 9.87. The monoisotopic (exact) mass is 349 g/mol. The summed E-state index contributed by atoms with van der Waals surface area (Å²) in [6.07, 6.45) is -0.891. The number of carbonyl (C=O) groups excluding carboxylic acids is 1. The maximum atomic E-state index is 13.0. The van der Waals surface area contributed by atoms with E-state index in [2.05, 4.69) is 5.32 Å². The van der Waals surface area contributed by atoms with Gasteiger partial charge in [0.2, 0.25) is 5.91 Å². The van der Waals surface area contributed by atoms with Crippen LogP contribution < -0.4 is 10.1 Å². The fourth-order valence-electron chi connectivity index (χ4n) is 3.22. The highest BCUT2D eigenvalue weighted by Crippen LogP contribution is 2.43. The molecule has 1 aliphatic rings. The largest absolute Gasteiger partial charge is 0.464 e. The molecule has 5 nitrogen and oxygen atoms in total. The summed E-state index contributed by atoms with van der Waals surface area (Å²) in [5.74, 6) is 1.84. The highest BCUT2D eigenvalue weighted by atomic mass is 16.5. The van der Waals surface area contributed by atoms with Crippen LogP contribution in [-0.4, -0.2) is 17.6 Å². The summed E-state index contributed by atoms with van der Waals surface area (Å²) in [7, 11) is 0. The van der Waals surface area contributed by atoms with Crippen LogP contribution in [0.5, 0.6) is 11.5 Å². The van der Waals surface area contributed by atoms with Crippen LogP contribution in [0.4, 0.5) is 0 Å². The van der Waals surface area contributed by atoms with Gasteiger partial charge in [-0.1, -0.05) is 36.4 Å². The number of benzene rings is 2. The Balaban J connectivity index is 1.57. The maximum Gasteiger partial charge on any atom is 0.232 e. The number of fused-ring (bicyclic) bond motifs is 2. The number of furan rings is 1. The number of amides is 1. The molecule has 4 rings (SSSR count). The zero-order chi connectivity index (χ0) is 18.1. The summed E-state index contributed by atoms with van der Waals surface area (Å²) in [6, 6.07) is 18.5. The molecular formula is C21H19NO4. The van der Waals surface area contributed by atoms with E-state index in [0.717, 1.165) is 16.9 Å². The van der Waals surface area contributed by atoms with E-state index in [1.165, 1.54) is 0 Å². The molecule has 0 fully saturated rings. The Bertz CT molecular complexity index is 901. The SMILES string of the molecule is Cc1ccc([C@@H](O)CNC(=O)C2c3ccccc3Oc3ccccc32)o1. The van der Waals surface area contributed by atoms with Crippen molar-refractivity contribution in [2.45, 2.75) is 18.9 Å². The first kappa shape index (κ1) is 16.4. The number of aliphatic hydroxyl groups is 1. The number of carbonyl (C=O) groups is 1. The van der Waals surface area contributed by atoms with Crippen molar-refractivity contribution in [2.75, 3.05) is 6.54 Å². The molecule has 132 valence electrons. The third kappa shape index (κ3) is 2.97. The normalized spacial score (nSPS) is 14.1. The Morgan fingerprint density at radius 1 is 1.04 bits per heavy atom. The van der Waals surface area contributed by atoms with Crippen LogP contribution >= 0.6 is 0 Å². The zero-order valence-corrected chi connectivity index (χ0v) is 14.3. The van der Waals surface area contributed by atoms with E-state index in [1.807, 2.05) is 55.5 Å². The van der Waals surface area contributed by atoms with Gasteiger partial charge in [-0.05, 0) is 31.2 Å². The van der Waals surface area contributed by atoms with Crippen LogP contribution in [0, 0.1) is 6.92 Å². The third-order valence-corrected chi connectivity index (χ3v) is 4.50. The molecule has 0 bridgehead atoms. The van der Waals surface area contributed by atoms with Crippen molar-refractivity contribution in [1.82, 2.24) is 5.32 Å². The van der Waals surface area contributed by atoms with E-state index < -0.39 is 12.0 Å². The second-order valence-corrected chi connectivity index (χ2v) is 6.32. The first-order chi connectivity index (χ1) is 12.6. The quantitative estimate of drug-likeness (QED) is 0.754. The van der Waals surface area contributed by atoms with Gasteiger partial charge < -0.3 is 19.6 Å². The van der Waals surface area contributed by atoms with Crippen molar-refractivity contribution in [1.29, 1.82) is 0 Å². The van der Waals surface area contributed by atoms with Gasteiger partial charge >= 0.3 is 0 Å². The molecule has 0 saturated heterocycles. The van der Waals surface area contributed by atoms with Crippen molar-refractivity contribution in [3.8, 4) is 11.5 Å². The number of para-hydroxylation sites is 2. The van der Waals surface area contributed by atoms with Gasteiger partial charge in [0.05, 0.1) is 12.5 Å². The number of nitrogens with one attached hydrogen (secondary N) is 1. The summed E-state index contributed by atoms with van der Waals surface area (Å²) >= 11 is 0. The first-order valence-electron chi connectivity index (χ1n) is 8.51. The first-order valence-corrected chi connectivity index (χ1v) is 8.51. The Kier molecular flexibility index (Phi) is 4.22. The lowest BCUT2D eigenvalue weighted by Crippen LogP contribution is -2.34. The Hall–Kier alpha value is -3.05. The van der Waals surface area contributed by atoms with Gasteiger partial charge in [-0.15, -0.1) is 0 Å². The Morgan fingerprint density at radius 3 is 2.23 bits per heavy atom. The predicted octanol–water partition coefficient (Wildman–Crippen LogP) is 3.68. The van der Waals surface area contributed by atoms with E-state index >= 15 is 0 Å². The summed E-state index contributed by atoms with van der Waals surface area (Å²) in [5, 5.41) is 13.1. The number of ether oxygens (including phenoxy) is 1. The molecule has 1 aromatic heterocycles. The van der Waals surface area contributed by atoms with E-state index in [-0.39, 0.29) is 12.5 Å². The van der Waals surface area contributed by atoms with E-state index in [4.69, 9.17) is 9.15 Å². The molecule has 3 aromatic rings. The number of aliphatic hydroxyl groups excluding tert-OH is 1. The average Bonchev–Trinajstić information content (AvgIpc) is 3.10. The summed E-state index contributed by atoms with van der Waals surface area (Å²) in [5.41, 5.74) is 1.62. The lowest BCUT2D eigenvalue weighted by Gasteiger charge is -2.27. The summed E-state index contributed by atoms with van der Waals surface area (Å²) < 4.78 is 11.3. The van der Waals surface area contributed by atoms with Crippen LogP contribution in [0.2, 0.25) is 0 Å². The highest BCUT2D eigenvalue weighted by Gasteiger charge is 2.32. The van der Waals surface area contributed by atoms with Gasteiger partial charge in [0.25, 0.3) is 0 Å². The van der Waals surface area contributed by atoms with Gasteiger partial charge in [0, 0.05) is 11.1 Å². The topological polar surface area (TPSA) is 71.7 Å². The lowest BCUT2D eigenvalue weighted by molar-refractivity contribution is -0.122. The predicted molar refractivity (Wildman–Crippen MR) is 96.2 cm³/mol. The van der Waals surface area contributed by atoms with Crippen LogP contribution in [0.3, 0.4) is 0 Å². The van der Waals surface area contributed by atoms with Gasteiger partial charge in [0.15, 0.2) is 0 Å². The van der Waals surface area contributed by atoms with Crippen LogP contribution in [0.15, 0.2) is 65.1 Å². The maximum absolute atomic E-state index is 13.0. The van der Waals surface area contributed by atoms with Crippen LogP contribution in [-0.2, 0) is 4.79 Å². The van der Waals surface area contributed by atoms with E-state index in [9.17, 15) is 9.90 Å². The molecule has 5 heteroatoms. The van der Waals surface area contributed by atoms with Crippen molar-refractivity contribution in [2.24, 2.45) is 0 Å². The van der Waals surface area contributed by atoms with Crippen LogP contribution in [0.1, 0.15) is 34.7 Å². The minimum absolute atomic E-state index is 0.0769. The minimum atomic E-state index is -0.891. The molecule has 0 spiro atoms. The smallest absolute Gasteiger partial charge is 0.232 e. The number of rotatable bonds is 4. The van der Waals surface area contributed by atoms with Gasteiger partial charge in [0.1, 0.15) is 29.1 Å². The molecule has 2 heterocycles. The fraction of sp³-hybridized carbons (Fsp3) is 0.190. The molecular weight excluding hydrogens is 330 g/mol. The van der Waals surface area contributed by atoms with Crippen molar-refractivity contribution >= 4 is 5.91 Å². The molecule has 2 N–H and O–H groups in total. The van der Waals surface area contributed by atoms with Crippen molar-refractivity contribution < 1.29 is 19.1 Å². The van der Waals surface area contributed by atoms with Gasteiger partial charge in [-0.3, -0.25) is 4.79 Å². The summed E-state index contributed by atoms with van der Waals surface area (Å²) in [6.45, 7) is 1.89. The van der Waals surface area contributed by atoms with Crippen LogP contribution in [0.25, 0.3) is 0 Å². The second-order valence-electron chi connectivity index (χ2n) is 6.32. The fourth-order valence-corrected chi connectivity index (χ4v) is 3.22. The Morgan fingerprint density at radius 2 is 1.65 bits per heavy atom. The molecule has 1 amide bonds. The minimum Gasteiger partial charge on any atom is -0.464 e. The average molecular weight is 349 g/mol. The molecule has 1 aliphatic heterocycles. The number of hydrogen-bond acceptors (Lipinski definition) is 4. The zero-order valence-electron chi connectivity index (χ0n) is 14.3. The summed E-state index contributed by atoms with van der Waals surface area (Å²) in [4.78, 5) is 13.0. The molecule has 26 heavy (non-hydrogen) atoms. The molecule has 0 radical (unpaired) electrons. The van der Waals surface area contributed by atoms with Gasteiger partial charge in [-0.25, -0.2) is 0 Å². The van der Waals surface area contributed by atoms with Crippen molar-refractivity contribution in [3.63, 3.8) is 0 Å². The highest BCUT2D eigenvalue weighted by molar-refractivity contribution is 5.89. The Labute approximate surface area is 151 Å². The molecule has 1 atom stereocenters. The standard InChI is InChI=1S/C21H19NO4/c1-13-10-11-19(25-13)16(23)12-22-21(24)20-14-6-2-4-8-17(14)26-18-9-5-3-7-15(18)20/h2-11,16,20,23H,12H2,1H3,(H,22,24)/t16-/m0/s1.